The Hall–Kier alpha value is -3.33. The Morgan fingerprint density at radius 2 is 1.86 bits per heavy atom. The number of hydrogen-bond donors (Lipinski definition) is 1. The summed E-state index contributed by atoms with van der Waals surface area (Å²) in [5.74, 6) is 0.548. The van der Waals surface area contributed by atoms with Crippen LogP contribution in [0.4, 0.5) is 21.6 Å². The zero-order valence-electron chi connectivity index (χ0n) is 15.1. The van der Waals surface area contributed by atoms with Crippen molar-refractivity contribution in [1.82, 2.24) is 14.9 Å². The number of rotatable bonds is 4. The molecule has 1 aliphatic rings. The highest BCUT2D eigenvalue weighted by molar-refractivity contribution is 5.87. The first-order valence-corrected chi connectivity index (χ1v) is 8.93. The standard InChI is InChI=1S/C19H19FN6O2/c20-15-11-13(26(27)28)5-6-17(15)25-9-7-24(8-10-25)12-18-22-16-4-2-1-3-14(16)19(21)23-18/h1-6,11H,7-10,12H2,(H2,21,22,23). The van der Waals surface area contributed by atoms with Gasteiger partial charge in [-0.3, -0.25) is 15.0 Å². The van der Waals surface area contributed by atoms with E-state index in [0.29, 0.717) is 50.1 Å². The van der Waals surface area contributed by atoms with E-state index < -0.39 is 10.7 Å². The summed E-state index contributed by atoms with van der Waals surface area (Å²) >= 11 is 0. The molecule has 0 aliphatic carbocycles. The number of non-ortho nitro benzene ring substituents is 1. The number of nitrogens with two attached hydrogens (primary N) is 1. The molecule has 2 N–H and O–H groups in total. The molecule has 28 heavy (non-hydrogen) atoms. The molecule has 0 spiro atoms. The van der Waals surface area contributed by atoms with Crippen LogP contribution in [-0.4, -0.2) is 46.0 Å². The third-order valence-electron chi connectivity index (χ3n) is 4.90. The molecule has 0 radical (unpaired) electrons. The summed E-state index contributed by atoms with van der Waals surface area (Å²) < 4.78 is 14.2. The minimum Gasteiger partial charge on any atom is -0.383 e. The highest BCUT2D eigenvalue weighted by Crippen LogP contribution is 2.25. The van der Waals surface area contributed by atoms with Gasteiger partial charge in [0, 0.05) is 37.6 Å². The van der Waals surface area contributed by atoms with Crippen molar-refractivity contribution in [2.24, 2.45) is 0 Å². The Morgan fingerprint density at radius 3 is 2.57 bits per heavy atom. The molecule has 1 aromatic heterocycles. The fraction of sp³-hybridized carbons (Fsp3) is 0.263. The SMILES string of the molecule is Nc1nc(CN2CCN(c3ccc([N+](=O)[O-])cc3F)CC2)nc2ccccc12. The first kappa shape index (κ1) is 18.1. The zero-order valence-corrected chi connectivity index (χ0v) is 15.1. The second-order valence-corrected chi connectivity index (χ2v) is 6.70. The number of piperazine rings is 1. The van der Waals surface area contributed by atoms with Crippen molar-refractivity contribution in [3.8, 4) is 0 Å². The molecule has 1 aliphatic heterocycles. The molecule has 2 heterocycles. The lowest BCUT2D eigenvalue weighted by Crippen LogP contribution is -2.46. The maximum absolute atomic E-state index is 14.2. The highest BCUT2D eigenvalue weighted by Gasteiger charge is 2.22. The van der Waals surface area contributed by atoms with Crippen molar-refractivity contribution in [2.45, 2.75) is 6.54 Å². The lowest BCUT2D eigenvalue weighted by molar-refractivity contribution is -0.385. The molecule has 0 atom stereocenters. The summed E-state index contributed by atoms with van der Waals surface area (Å²) in [6.07, 6.45) is 0. The summed E-state index contributed by atoms with van der Waals surface area (Å²) in [4.78, 5) is 23.2. The molecule has 1 saturated heterocycles. The Bertz CT molecular complexity index is 1040. The van der Waals surface area contributed by atoms with Gasteiger partial charge in [0.15, 0.2) is 5.82 Å². The number of nitro benzene ring substituents is 1. The van der Waals surface area contributed by atoms with E-state index in [9.17, 15) is 14.5 Å². The van der Waals surface area contributed by atoms with Crippen LogP contribution >= 0.6 is 0 Å². The molecular weight excluding hydrogens is 363 g/mol. The van der Waals surface area contributed by atoms with Crippen molar-refractivity contribution in [1.29, 1.82) is 0 Å². The number of hydrogen-bond acceptors (Lipinski definition) is 7. The van der Waals surface area contributed by atoms with Crippen LogP contribution in [0.3, 0.4) is 0 Å². The molecule has 9 heteroatoms. The van der Waals surface area contributed by atoms with Gasteiger partial charge in [0.05, 0.1) is 28.7 Å². The quantitative estimate of drug-likeness (QED) is 0.547. The van der Waals surface area contributed by atoms with E-state index in [2.05, 4.69) is 14.9 Å². The molecule has 0 amide bonds. The second kappa shape index (κ2) is 7.35. The number of para-hydroxylation sites is 1. The van der Waals surface area contributed by atoms with Crippen molar-refractivity contribution < 1.29 is 9.31 Å². The van der Waals surface area contributed by atoms with Crippen LogP contribution in [0.1, 0.15) is 5.82 Å². The van der Waals surface area contributed by atoms with Gasteiger partial charge in [-0.05, 0) is 18.2 Å². The minimum atomic E-state index is -0.597. The second-order valence-electron chi connectivity index (χ2n) is 6.70. The average molecular weight is 382 g/mol. The normalized spacial score (nSPS) is 15.1. The zero-order chi connectivity index (χ0) is 19.7. The van der Waals surface area contributed by atoms with E-state index >= 15 is 0 Å². The average Bonchev–Trinajstić information content (AvgIpc) is 2.69. The van der Waals surface area contributed by atoms with Gasteiger partial charge < -0.3 is 10.6 Å². The summed E-state index contributed by atoms with van der Waals surface area (Å²) in [6, 6.07) is 11.4. The van der Waals surface area contributed by atoms with Gasteiger partial charge in [-0.2, -0.15) is 0 Å². The predicted molar refractivity (Wildman–Crippen MR) is 104 cm³/mol. The van der Waals surface area contributed by atoms with Gasteiger partial charge in [0.25, 0.3) is 5.69 Å². The number of aromatic nitrogens is 2. The number of benzene rings is 2. The Labute approximate surface area is 160 Å². The topological polar surface area (TPSA) is 101 Å². The summed E-state index contributed by atoms with van der Waals surface area (Å²) in [5.41, 5.74) is 7.00. The Morgan fingerprint density at radius 1 is 1.11 bits per heavy atom. The van der Waals surface area contributed by atoms with Crippen molar-refractivity contribution in [2.75, 3.05) is 36.8 Å². The molecular formula is C19H19FN6O2. The fourth-order valence-electron chi connectivity index (χ4n) is 3.43. The number of fused-ring (bicyclic) bond motifs is 1. The molecule has 8 nitrogen and oxygen atoms in total. The van der Waals surface area contributed by atoms with E-state index in [-0.39, 0.29) is 5.69 Å². The molecule has 0 bridgehead atoms. The van der Waals surface area contributed by atoms with E-state index in [0.717, 1.165) is 17.0 Å². The van der Waals surface area contributed by atoms with E-state index in [1.807, 2.05) is 29.2 Å². The largest absolute Gasteiger partial charge is 0.383 e. The van der Waals surface area contributed by atoms with Crippen LogP contribution in [0.5, 0.6) is 0 Å². The van der Waals surface area contributed by atoms with Crippen LogP contribution in [0.25, 0.3) is 10.9 Å². The monoisotopic (exact) mass is 382 g/mol. The van der Waals surface area contributed by atoms with E-state index in [1.54, 1.807) is 0 Å². The van der Waals surface area contributed by atoms with Crippen LogP contribution < -0.4 is 10.6 Å². The molecule has 2 aromatic carbocycles. The van der Waals surface area contributed by atoms with E-state index in [4.69, 9.17) is 5.73 Å². The molecule has 144 valence electrons. The molecule has 1 fully saturated rings. The van der Waals surface area contributed by atoms with Gasteiger partial charge >= 0.3 is 0 Å². The van der Waals surface area contributed by atoms with Gasteiger partial charge in [0.2, 0.25) is 0 Å². The van der Waals surface area contributed by atoms with Crippen LogP contribution in [0, 0.1) is 15.9 Å². The van der Waals surface area contributed by atoms with Crippen molar-refractivity contribution in [3.05, 3.63) is 64.2 Å². The van der Waals surface area contributed by atoms with Crippen LogP contribution in [-0.2, 0) is 6.54 Å². The maximum Gasteiger partial charge on any atom is 0.272 e. The van der Waals surface area contributed by atoms with Gasteiger partial charge in [-0.15, -0.1) is 0 Å². The lowest BCUT2D eigenvalue weighted by atomic mass is 10.2. The summed E-state index contributed by atoms with van der Waals surface area (Å²) in [6.45, 7) is 3.18. The van der Waals surface area contributed by atoms with Crippen LogP contribution in [0.2, 0.25) is 0 Å². The number of nitrogen functional groups attached to an aromatic ring is 1. The summed E-state index contributed by atoms with van der Waals surface area (Å²) in [5, 5.41) is 11.6. The first-order chi connectivity index (χ1) is 13.5. The third kappa shape index (κ3) is 3.56. The van der Waals surface area contributed by atoms with Crippen molar-refractivity contribution >= 4 is 28.1 Å². The minimum absolute atomic E-state index is 0.245. The van der Waals surface area contributed by atoms with E-state index in [1.165, 1.54) is 12.1 Å². The first-order valence-electron chi connectivity index (χ1n) is 8.93. The number of nitrogens with zero attached hydrogens (tertiary/aromatic N) is 5. The lowest BCUT2D eigenvalue weighted by Gasteiger charge is -2.35. The molecule has 0 unspecified atom stereocenters. The summed E-state index contributed by atoms with van der Waals surface area (Å²) in [7, 11) is 0. The Balaban J connectivity index is 1.43. The number of nitro groups is 1. The van der Waals surface area contributed by atoms with Crippen LogP contribution in [0.15, 0.2) is 42.5 Å². The number of halogens is 1. The van der Waals surface area contributed by atoms with Gasteiger partial charge in [0.1, 0.15) is 11.6 Å². The molecule has 3 aromatic rings. The molecule has 0 saturated carbocycles. The number of anilines is 2. The fourth-order valence-corrected chi connectivity index (χ4v) is 3.43. The van der Waals surface area contributed by atoms with Gasteiger partial charge in [-0.25, -0.2) is 14.4 Å². The predicted octanol–water partition coefficient (Wildman–Crippen LogP) is 2.58. The molecule has 4 rings (SSSR count). The maximum atomic E-state index is 14.2. The Kier molecular flexibility index (Phi) is 4.74. The smallest absolute Gasteiger partial charge is 0.272 e. The highest BCUT2D eigenvalue weighted by atomic mass is 19.1. The van der Waals surface area contributed by atoms with Crippen molar-refractivity contribution in [3.63, 3.8) is 0 Å². The third-order valence-corrected chi connectivity index (χ3v) is 4.90. The van der Waals surface area contributed by atoms with Gasteiger partial charge in [-0.1, -0.05) is 12.1 Å².